The summed E-state index contributed by atoms with van der Waals surface area (Å²) in [6.45, 7) is 15.6. The predicted molar refractivity (Wildman–Crippen MR) is 81.3 cm³/mol. The second kappa shape index (κ2) is 8.27. The van der Waals surface area contributed by atoms with Crippen LogP contribution in [0, 0.1) is 0 Å². The first-order valence-corrected chi connectivity index (χ1v) is 7.55. The summed E-state index contributed by atoms with van der Waals surface area (Å²) in [5.74, 6) is 0.707. The fourth-order valence-corrected chi connectivity index (χ4v) is 1.86. The quantitative estimate of drug-likeness (QED) is 0.850. The maximum Gasteiger partial charge on any atom is 0.232 e. The fourth-order valence-electron chi connectivity index (χ4n) is 1.86. The maximum atomic E-state index is 5.67. The van der Waals surface area contributed by atoms with Crippen molar-refractivity contribution >= 4 is 0 Å². The first-order chi connectivity index (χ1) is 9.55. The van der Waals surface area contributed by atoms with Crippen LogP contribution in [0.2, 0.25) is 0 Å². The number of ether oxygens (including phenoxy) is 2. The van der Waals surface area contributed by atoms with Crippen LogP contribution < -0.4 is 4.74 Å². The van der Waals surface area contributed by atoms with Crippen LogP contribution in [0.3, 0.4) is 0 Å². The van der Waals surface area contributed by atoms with Crippen LogP contribution >= 0.6 is 0 Å². The number of aromatic nitrogens is 2. The van der Waals surface area contributed by atoms with Gasteiger partial charge in [0, 0.05) is 31.9 Å². The molecule has 0 unspecified atom stereocenters. The van der Waals surface area contributed by atoms with Crippen LogP contribution in [0.4, 0.5) is 0 Å². The molecule has 0 radical (unpaired) electrons. The van der Waals surface area contributed by atoms with Gasteiger partial charge in [0.25, 0.3) is 0 Å². The first kappa shape index (κ1) is 17.0. The van der Waals surface area contributed by atoms with Crippen molar-refractivity contribution in [2.75, 3.05) is 39.5 Å². The molecule has 0 bridgehead atoms. The molecule has 0 amide bonds. The number of nitrogens with zero attached hydrogens (tertiary/aromatic N) is 3. The van der Waals surface area contributed by atoms with Crippen LogP contribution in [0.25, 0.3) is 0 Å². The van der Waals surface area contributed by atoms with Crippen LogP contribution in [-0.4, -0.2) is 54.1 Å². The van der Waals surface area contributed by atoms with Gasteiger partial charge in [0.05, 0.1) is 18.8 Å². The summed E-state index contributed by atoms with van der Waals surface area (Å²) in [7, 11) is 0. The Balaban J connectivity index is 0.000000956. The molecule has 2 rings (SSSR count). The fraction of sp³-hybridized carbons (Fsp3) is 0.800. The molecular weight excluding hydrogens is 254 g/mol. The van der Waals surface area contributed by atoms with Gasteiger partial charge < -0.3 is 9.47 Å². The molecule has 5 heteroatoms. The molecule has 1 aliphatic rings. The molecule has 0 spiro atoms. The van der Waals surface area contributed by atoms with Crippen molar-refractivity contribution < 1.29 is 9.47 Å². The first-order valence-electron chi connectivity index (χ1n) is 7.55. The molecule has 116 valence electrons. The monoisotopic (exact) mass is 283 g/mol. The van der Waals surface area contributed by atoms with Crippen molar-refractivity contribution in [1.82, 2.24) is 14.7 Å². The van der Waals surface area contributed by atoms with E-state index >= 15 is 0 Å². The lowest BCUT2D eigenvalue weighted by Crippen LogP contribution is -2.38. The van der Waals surface area contributed by atoms with E-state index < -0.39 is 0 Å². The molecule has 5 nitrogen and oxygen atoms in total. The minimum Gasteiger partial charge on any atom is -0.475 e. The minimum absolute atomic E-state index is 0.00577. The summed E-state index contributed by atoms with van der Waals surface area (Å²) < 4.78 is 12.9. The maximum absolute atomic E-state index is 5.67. The smallest absolute Gasteiger partial charge is 0.232 e. The average molecular weight is 283 g/mol. The van der Waals surface area contributed by atoms with Crippen molar-refractivity contribution in [2.45, 2.75) is 40.2 Å². The lowest BCUT2D eigenvalue weighted by atomic mass is 10.1. The number of hydrogen-bond donors (Lipinski definition) is 0. The van der Waals surface area contributed by atoms with E-state index in [1.54, 1.807) is 0 Å². The third kappa shape index (κ3) is 5.51. The predicted octanol–water partition coefficient (Wildman–Crippen LogP) is 2.38. The van der Waals surface area contributed by atoms with Gasteiger partial charge in [-0.3, -0.25) is 9.58 Å². The number of rotatable bonds is 4. The van der Waals surface area contributed by atoms with Gasteiger partial charge in [-0.25, -0.2) is 0 Å². The Labute approximate surface area is 122 Å². The summed E-state index contributed by atoms with van der Waals surface area (Å²) in [4.78, 5) is 2.35. The molecular formula is C15H29N3O2. The van der Waals surface area contributed by atoms with Crippen LogP contribution in [-0.2, 0) is 10.3 Å². The van der Waals surface area contributed by atoms with Crippen molar-refractivity contribution in [3.05, 3.63) is 12.3 Å². The highest BCUT2D eigenvalue weighted by atomic mass is 16.5. The van der Waals surface area contributed by atoms with E-state index in [1.165, 1.54) is 0 Å². The molecule has 20 heavy (non-hydrogen) atoms. The van der Waals surface area contributed by atoms with Gasteiger partial charge in [-0.15, -0.1) is 5.10 Å². The molecule has 1 fully saturated rings. The summed E-state index contributed by atoms with van der Waals surface area (Å²) in [5, 5.41) is 4.42. The van der Waals surface area contributed by atoms with Crippen molar-refractivity contribution in [1.29, 1.82) is 0 Å². The molecule has 0 aliphatic carbocycles. The summed E-state index contributed by atoms with van der Waals surface area (Å²) in [6.07, 6.45) is 1.96. The third-order valence-corrected chi connectivity index (χ3v) is 3.01. The van der Waals surface area contributed by atoms with Gasteiger partial charge in [0.2, 0.25) is 5.88 Å². The summed E-state index contributed by atoms with van der Waals surface area (Å²) in [6, 6.07) is 1.92. The number of hydrogen-bond acceptors (Lipinski definition) is 4. The van der Waals surface area contributed by atoms with Crippen LogP contribution in [0.15, 0.2) is 12.3 Å². The highest BCUT2D eigenvalue weighted by Crippen LogP contribution is 2.15. The Bertz CT molecular complexity index is 365. The second-order valence-electron chi connectivity index (χ2n) is 5.57. The molecule has 1 aromatic heterocycles. The SMILES string of the molecule is CC.CC(C)(C)n1ccc(OCCN2CCOCC2)n1. The van der Waals surface area contributed by atoms with Crippen LogP contribution in [0.5, 0.6) is 5.88 Å². The molecule has 0 atom stereocenters. The molecule has 1 aliphatic heterocycles. The van der Waals surface area contributed by atoms with Gasteiger partial charge in [-0.2, -0.15) is 0 Å². The largest absolute Gasteiger partial charge is 0.475 e. The van der Waals surface area contributed by atoms with E-state index in [2.05, 4.69) is 30.8 Å². The Hall–Kier alpha value is -1.07. The topological polar surface area (TPSA) is 39.5 Å². The molecule has 0 aromatic carbocycles. The molecule has 1 aromatic rings. The summed E-state index contributed by atoms with van der Waals surface area (Å²) >= 11 is 0. The summed E-state index contributed by atoms with van der Waals surface area (Å²) in [5.41, 5.74) is 0.00577. The number of morpholine rings is 1. The van der Waals surface area contributed by atoms with Gasteiger partial charge in [-0.05, 0) is 20.8 Å². The van der Waals surface area contributed by atoms with Gasteiger partial charge >= 0.3 is 0 Å². The normalized spacial score (nSPS) is 16.4. The minimum atomic E-state index is 0.00577. The lowest BCUT2D eigenvalue weighted by Gasteiger charge is -2.26. The van der Waals surface area contributed by atoms with E-state index in [0.717, 1.165) is 32.8 Å². The Kier molecular flexibility index (Phi) is 7.02. The van der Waals surface area contributed by atoms with E-state index in [1.807, 2.05) is 30.8 Å². The van der Waals surface area contributed by atoms with Crippen molar-refractivity contribution in [2.24, 2.45) is 0 Å². The zero-order valence-electron chi connectivity index (χ0n) is 13.6. The second-order valence-corrected chi connectivity index (χ2v) is 5.57. The van der Waals surface area contributed by atoms with Crippen LogP contribution in [0.1, 0.15) is 34.6 Å². The third-order valence-electron chi connectivity index (χ3n) is 3.01. The molecule has 1 saturated heterocycles. The van der Waals surface area contributed by atoms with Gasteiger partial charge in [-0.1, -0.05) is 13.8 Å². The van der Waals surface area contributed by atoms with Gasteiger partial charge in [0.15, 0.2) is 0 Å². The lowest BCUT2D eigenvalue weighted by molar-refractivity contribution is 0.0319. The zero-order chi connectivity index (χ0) is 15.0. The zero-order valence-corrected chi connectivity index (χ0v) is 13.6. The van der Waals surface area contributed by atoms with Gasteiger partial charge in [0.1, 0.15) is 6.61 Å². The Morgan fingerprint density at radius 2 is 1.90 bits per heavy atom. The molecule has 0 N–H and O–H groups in total. The average Bonchev–Trinajstić information content (AvgIpc) is 2.91. The van der Waals surface area contributed by atoms with E-state index in [9.17, 15) is 0 Å². The van der Waals surface area contributed by atoms with E-state index in [4.69, 9.17) is 9.47 Å². The Morgan fingerprint density at radius 3 is 2.45 bits per heavy atom. The van der Waals surface area contributed by atoms with Crippen molar-refractivity contribution in [3.8, 4) is 5.88 Å². The van der Waals surface area contributed by atoms with E-state index in [-0.39, 0.29) is 5.54 Å². The molecule has 0 saturated carbocycles. The van der Waals surface area contributed by atoms with Crippen molar-refractivity contribution in [3.63, 3.8) is 0 Å². The Morgan fingerprint density at radius 1 is 1.25 bits per heavy atom. The standard InChI is InChI=1S/C13H23N3O2.C2H6/c1-13(2,3)16-5-4-12(14-16)18-11-8-15-6-9-17-10-7-15;1-2/h4-5H,6-11H2,1-3H3;1-2H3. The highest BCUT2D eigenvalue weighted by molar-refractivity contribution is 5.06. The van der Waals surface area contributed by atoms with E-state index in [0.29, 0.717) is 12.5 Å². The highest BCUT2D eigenvalue weighted by Gasteiger charge is 2.15. The molecule has 2 heterocycles.